The number of Topliss-reactive ketones (excluding diaryl/α,β-unsaturated/α-hetero) is 1. The van der Waals surface area contributed by atoms with Gasteiger partial charge in [-0.05, 0) is 35.4 Å². The van der Waals surface area contributed by atoms with Gasteiger partial charge in [-0.25, -0.2) is 4.79 Å². The molecule has 0 aromatic heterocycles. The Labute approximate surface area is 157 Å². The highest BCUT2D eigenvalue weighted by molar-refractivity contribution is 6.29. The Morgan fingerprint density at radius 1 is 0.815 bits per heavy atom. The summed E-state index contributed by atoms with van der Waals surface area (Å²) in [5, 5.41) is 0. The quantitative estimate of drug-likeness (QED) is 0.730. The van der Waals surface area contributed by atoms with Gasteiger partial charge < -0.3 is 18.9 Å². The SMILES string of the molecule is COC1=C(c2ccc(OC)cc2)C(=O)C(Cc2ccc(OC)cc2)OC1=O. The average Bonchev–Trinajstić information content (AvgIpc) is 2.71. The number of cyclic esters (lactones) is 1. The minimum absolute atomic E-state index is 0.0869. The van der Waals surface area contributed by atoms with E-state index in [2.05, 4.69) is 0 Å². The first-order valence-electron chi connectivity index (χ1n) is 8.38. The molecule has 0 aliphatic carbocycles. The van der Waals surface area contributed by atoms with Crippen LogP contribution in [0.2, 0.25) is 0 Å². The van der Waals surface area contributed by atoms with Crippen LogP contribution in [-0.2, 0) is 25.5 Å². The van der Waals surface area contributed by atoms with Crippen molar-refractivity contribution >= 4 is 17.3 Å². The van der Waals surface area contributed by atoms with E-state index in [-0.39, 0.29) is 23.5 Å². The second-order valence-corrected chi connectivity index (χ2v) is 5.95. The first-order chi connectivity index (χ1) is 13.1. The Balaban J connectivity index is 1.92. The molecular formula is C21H20O6. The number of benzene rings is 2. The van der Waals surface area contributed by atoms with Gasteiger partial charge in [-0.15, -0.1) is 0 Å². The van der Waals surface area contributed by atoms with Crippen LogP contribution in [0.5, 0.6) is 11.5 Å². The van der Waals surface area contributed by atoms with Crippen molar-refractivity contribution in [2.45, 2.75) is 12.5 Å². The minimum atomic E-state index is -0.915. The molecule has 3 rings (SSSR count). The van der Waals surface area contributed by atoms with Gasteiger partial charge in [0.2, 0.25) is 11.5 Å². The van der Waals surface area contributed by atoms with E-state index in [9.17, 15) is 9.59 Å². The lowest BCUT2D eigenvalue weighted by molar-refractivity contribution is -0.154. The van der Waals surface area contributed by atoms with Gasteiger partial charge >= 0.3 is 5.97 Å². The molecule has 0 spiro atoms. The van der Waals surface area contributed by atoms with Crippen LogP contribution >= 0.6 is 0 Å². The fraction of sp³-hybridized carbons (Fsp3) is 0.238. The number of methoxy groups -OCH3 is 3. The molecule has 0 bridgehead atoms. The molecule has 0 amide bonds. The monoisotopic (exact) mass is 368 g/mol. The highest BCUT2D eigenvalue weighted by Crippen LogP contribution is 2.30. The van der Waals surface area contributed by atoms with Crippen LogP contribution in [0.3, 0.4) is 0 Å². The Morgan fingerprint density at radius 3 is 1.89 bits per heavy atom. The lowest BCUT2D eigenvalue weighted by atomic mass is 9.92. The van der Waals surface area contributed by atoms with E-state index in [1.54, 1.807) is 50.6 Å². The predicted octanol–water partition coefficient (Wildman–Crippen LogP) is 2.80. The van der Waals surface area contributed by atoms with Gasteiger partial charge in [0.1, 0.15) is 11.5 Å². The first-order valence-corrected chi connectivity index (χ1v) is 8.38. The first kappa shape index (κ1) is 18.5. The normalized spacial score (nSPS) is 16.8. The number of rotatable bonds is 6. The van der Waals surface area contributed by atoms with Crippen LogP contribution < -0.4 is 9.47 Å². The highest BCUT2D eigenvalue weighted by atomic mass is 16.6. The van der Waals surface area contributed by atoms with E-state index in [4.69, 9.17) is 18.9 Å². The lowest BCUT2D eigenvalue weighted by Gasteiger charge is -2.25. The number of ketones is 1. The molecule has 0 saturated carbocycles. The fourth-order valence-corrected chi connectivity index (χ4v) is 2.94. The predicted molar refractivity (Wildman–Crippen MR) is 98.5 cm³/mol. The zero-order chi connectivity index (χ0) is 19.4. The van der Waals surface area contributed by atoms with Gasteiger partial charge in [0, 0.05) is 6.42 Å². The van der Waals surface area contributed by atoms with Gasteiger partial charge in [-0.1, -0.05) is 24.3 Å². The molecule has 1 aliphatic heterocycles. The smallest absolute Gasteiger partial charge is 0.375 e. The summed E-state index contributed by atoms with van der Waals surface area (Å²) < 4.78 is 20.8. The maximum Gasteiger partial charge on any atom is 0.375 e. The van der Waals surface area contributed by atoms with Crippen molar-refractivity contribution in [2.24, 2.45) is 0 Å². The largest absolute Gasteiger partial charge is 0.497 e. The minimum Gasteiger partial charge on any atom is -0.497 e. The number of carbonyl (C=O) groups is 2. The topological polar surface area (TPSA) is 71.1 Å². The van der Waals surface area contributed by atoms with Crippen LogP contribution in [0.15, 0.2) is 54.3 Å². The van der Waals surface area contributed by atoms with Crippen LogP contribution in [0, 0.1) is 0 Å². The van der Waals surface area contributed by atoms with Crippen LogP contribution in [-0.4, -0.2) is 39.2 Å². The van der Waals surface area contributed by atoms with Crippen molar-refractivity contribution in [1.82, 2.24) is 0 Å². The number of hydrogen-bond donors (Lipinski definition) is 0. The van der Waals surface area contributed by atoms with E-state index in [0.717, 1.165) is 5.56 Å². The Kier molecular flexibility index (Phi) is 5.45. The van der Waals surface area contributed by atoms with Gasteiger partial charge in [0.25, 0.3) is 0 Å². The number of hydrogen-bond acceptors (Lipinski definition) is 6. The summed E-state index contributed by atoms with van der Waals surface area (Å²) in [6.07, 6.45) is -0.646. The molecule has 6 heteroatoms. The molecule has 0 fully saturated rings. The van der Waals surface area contributed by atoms with Gasteiger partial charge in [-0.2, -0.15) is 0 Å². The van der Waals surface area contributed by atoms with Crippen molar-refractivity contribution in [3.8, 4) is 11.5 Å². The number of esters is 1. The Morgan fingerprint density at radius 2 is 1.37 bits per heavy atom. The summed E-state index contributed by atoms with van der Waals surface area (Å²) in [6.45, 7) is 0. The third kappa shape index (κ3) is 3.79. The van der Waals surface area contributed by atoms with Crippen LogP contribution in [0.4, 0.5) is 0 Å². The second kappa shape index (κ2) is 7.95. The fourth-order valence-electron chi connectivity index (χ4n) is 2.94. The maximum atomic E-state index is 13.1. The van der Waals surface area contributed by atoms with Crippen LogP contribution in [0.25, 0.3) is 5.57 Å². The zero-order valence-corrected chi connectivity index (χ0v) is 15.4. The number of ether oxygens (including phenoxy) is 4. The molecule has 1 atom stereocenters. The van der Waals surface area contributed by atoms with E-state index in [0.29, 0.717) is 17.1 Å². The molecule has 1 aliphatic rings. The van der Waals surface area contributed by atoms with Crippen LogP contribution in [0.1, 0.15) is 11.1 Å². The molecule has 1 unspecified atom stereocenters. The molecular weight excluding hydrogens is 348 g/mol. The summed E-state index contributed by atoms with van der Waals surface area (Å²) in [5.74, 6) is 0.329. The van der Waals surface area contributed by atoms with Crippen molar-refractivity contribution in [2.75, 3.05) is 21.3 Å². The van der Waals surface area contributed by atoms with Crippen molar-refractivity contribution in [3.63, 3.8) is 0 Å². The molecule has 2 aromatic carbocycles. The Bertz CT molecular complexity index is 865. The van der Waals surface area contributed by atoms with E-state index in [1.165, 1.54) is 7.11 Å². The maximum absolute atomic E-state index is 13.1. The molecule has 27 heavy (non-hydrogen) atoms. The average molecular weight is 368 g/mol. The summed E-state index contributed by atoms with van der Waals surface area (Å²) >= 11 is 0. The third-order valence-electron chi connectivity index (χ3n) is 4.36. The van der Waals surface area contributed by atoms with E-state index >= 15 is 0 Å². The molecule has 2 aromatic rings. The Hall–Kier alpha value is -3.28. The summed E-state index contributed by atoms with van der Waals surface area (Å²) in [4.78, 5) is 25.4. The molecule has 0 N–H and O–H groups in total. The van der Waals surface area contributed by atoms with Gasteiger partial charge in [-0.3, -0.25) is 4.79 Å². The number of carbonyl (C=O) groups excluding carboxylic acids is 2. The standard InChI is InChI=1S/C21H20O6/c1-24-15-8-4-13(5-9-15)12-17-19(22)18(20(26-3)21(23)27-17)14-6-10-16(25-2)11-7-14/h4-11,17H,12H2,1-3H3. The second-order valence-electron chi connectivity index (χ2n) is 5.95. The molecule has 6 nitrogen and oxygen atoms in total. The van der Waals surface area contributed by atoms with E-state index in [1.807, 2.05) is 12.1 Å². The third-order valence-corrected chi connectivity index (χ3v) is 4.36. The van der Waals surface area contributed by atoms with Gasteiger partial charge in [0.05, 0.1) is 26.9 Å². The van der Waals surface area contributed by atoms with Gasteiger partial charge in [0.15, 0.2) is 6.10 Å². The summed E-state index contributed by atoms with van der Waals surface area (Å²) in [6, 6.07) is 14.1. The van der Waals surface area contributed by atoms with E-state index < -0.39 is 12.1 Å². The molecule has 1 heterocycles. The van der Waals surface area contributed by atoms with Crippen molar-refractivity contribution in [3.05, 3.63) is 65.4 Å². The van der Waals surface area contributed by atoms with Crippen molar-refractivity contribution in [1.29, 1.82) is 0 Å². The summed E-state index contributed by atoms with van der Waals surface area (Å²) in [5.41, 5.74) is 1.65. The molecule has 0 radical (unpaired) electrons. The van der Waals surface area contributed by atoms with Crippen molar-refractivity contribution < 1.29 is 28.5 Å². The zero-order valence-electron chi connectivity index (χ0n) is 15.4. The highest BCUT2D eigenvalue weighted by Gasteiger charge is 2.38. The lowest BCUT2D eigenvalue weighted by Crippen LogP contribution is -2.37. The molecule has 0 saturated heterocycles. The summed E-state index contributed by atoms with van der Waals surface area (Å²) in [7, 11) is 4.49. The molecule has 140 valence electrons.